The monoisotopic (exact) mass is 293 g/mol. The highest BCUT2D eigenvalue weighted by atomic mass is 19.1. The number of hydrogen-bond donors (Lipinski definition) is 4. The maximum absolute atomic E-state index is 13.4. The Kier molecular flexibility index (Phi) is 4.22. The summed E-state index contributed by atoms with van der Waals surface area (Å²) in [7, 11) is 0. The number of hydrogen-bond acceptors (Lipinski definition) is 3. The summed E-state index contributed by atoms with van der Waals surface area (Å²) in [4.78, 5) is 10.5. The van der Waals surface area contributed by atoms with Crippen LogP contribution in [0.5, 0.6) is 0 Å². The van der Waals surface area contributed by atoms with Gasteiger partial charge < -0.3 is 16.2 Å². The summed E-state index contributed by atoms with van der Waals surface area (Å²) in [5, 5.41) is 13.6. The van der Waals surface area contributed by atoms with E-state index >= 15 is 0 Å². The van der Waals surface area contributed by atoms with Gasteiger partial charge in [-0.15, -0.1) is 0 Å². The molecule has 2 aromatic rings. The maximum Gasteiger partial charge on any atom is 0.409 e. The van der Waals surface area contributed by atoms with E-state index in [0.29, 0.717) is 0 Å². The van der Waals surface area contributed by atoms with Crippen LogP contribution in [0.15, 0.2) is 36.4 Å². The first-order valence-corrected chi connectivity index (χ1v) is 6.03. The zero-order valence-corrected chi connectivity index (χ0v) is 10.9. The van der Waals surface area contributed by atoms with Crippen LogP contribution in [-0.4, -0.2) is 11.2 Å². The van der Waals surface area contributed by atoms with E-state index in [2.05, 4.69) is 10.6 Å². The average molecular weight is 293 g/mol. The Labute approximate surface area is 119 Å². The molecule has 0 aliphatic carbocycles. The molecule has 2 rings (SSSR count). The number of rotatable bonds is 4. The number of anilines is 3. The molecule has 21 heavy (non-hydrogen) atoms. The Hall–Kier alpha value is -2.83. The van der Waals surface area contributed by atoms with Crippen molar-refractivity contribution < 1.29 is 18.7 Å². The highest BCUT2D eigenvalue weighted by molar-refractivity contribution is 5.87. The topological polar surface area (TPSA) is 87.4 Å². The fourth-order valence-corrected chi connectivity index (χ4v) is 1.78. The lowest BCUT2D eigenvalue weighted by molar-refractivity contribution is 0.210. The molecule has 0 radical (unpaired) electrons. The Morgan fingerprint density at radius 1 is 1.14 bits per heavy atom. The summed E-state index contributed by atoms with van der Waals surface area (Å²) in [6.07, 6.45) is -1.21. The standard InChI is InChI=1S/C14H13F2N3O2/c15-9-2-4-12(10(16)6-9)18-7-8-1-3-13(11(17)5-8)19-14(20)21/h1-6,18-19H,7,17H2,(H,20,21). The van der Waals surface area contributed by atoms with Crippen molar-refractivity contribution in [1.29, 1.82) is 0 Å². The molecule has 0 fully saturated rings. The predicted molar refractivity (Wildman–Crippen MR) is 76.2 cm³/mol. The number of nitrogen functional groups attached to an aromatic ring is 1. The van der Waals surface area contributed by atoms with Gasteiger partial charge >= 0.3 is 6.09 Å². The van der Waals surface area contributed by atoms with Crippen molar-refractivity contribution >= 4 is 23.2 Å². The van der Waals surface area contributed by atoms with Gasteiger partial charge in [0.2, 0.25) is 0 Å². The lowest BCUT2D eigenvalue weighted by atomic mass is 10.1. The lowest BCUT2D eigenvalue weighted by Gasteiger charge is -2.10. The van der Waals surface area contributed by atoms with Crippen LogP contribution < -0.4 is 16.4 Å². The molecule has 0 atom stereocenters. The van der Waals surface area contributed by atoms with Crippen molar-refractivity contribution in [2.24, 2.45) is 0 Å². The first-order chi connectivity index (χ1) is 9.95. The smallest absolute Gasteiger partial charge is 0.409 e. The molecule has 0 saturated carbocycles. The van der Waals surface area contributed by atoms with E-state index in [1.54, 1.807) is 12.1 Å². The van der Waals surface area contributed by atoms with Crippen LogP contribution >= 0.6 is 0 Å². The van der Waals surface area contributed by atoms with E-state index in [1.807, 2.05) is 0 Å². The molecule has 5 N–H and O–H groups in total. The third-order valence-electron chi connectivity index (χ3n) is 2.77. The van der Waals surface area contributed by atoms with Gasteiger partial charge in [0.15, 0.2) is 0 Å². The van der Waals surface area contributed by atoms with Crippen molar-refractivity contribution in [2.75, 3.05) is 16.4 Å². The van der Waals surface area contributed by atoms with Gasteiger partial charge in [0.05, 0.1) is 17.1 Å². The molecule has 0 saturated heterocycles. The van der Waals surface area contributed by atoms with Gasteiger partial charge in [0.25, 0.3) is 0 Å². The number of nitrogens with one attached hydrogen (secondary N) is 2. The number of carboxylic acid groups (broad SMARTS) is 1. The first-order valence-electron chi connectivity index (χ1n) is 6.03. The van der Waals surface area contributed by atoms with Crippen molar-refractivity contribution in [3.8, 4) is 0 Å². The summed E-state index contributed by atoms with van der Waals surface area (Å²) in [5.41, 5.74) is 7.15. The number of benzene rings is 2. The predicted octanol–water partition coefficient (Wildman–Crippen LogP) is 3.25. The van der Waals surface area contributed by atoms with Gasteiger partial charge in [-0.3, -0.25) is 5.32 Å². The molecule has 0 spiro atoms. The van der Waals surface area contributed by atoms with Gasteiger partial charge in [-0.05, 0) is 29.8 Å². The molecule has 0 unspecified atom stereocenters. The second kappa shape index (κ2) is 6.08. The fourth-order valence-electron chi connectivity index (χ4n) is 1.78. The third kappa shape index (κ3) is 3.82. The minimum Gasteiger partial charge on any atom is -0.465 e. The zero-order chi connectivity index (χ0) is 15.4. The minimum atomic E-state index is -1.21. The second-order valence-corrected chi connectivity index (χ2v) is 4.33. The van der Waals surface area contributed by atoms with Crippen molar-refractivity contribution in [2.45, 2.75) is 6.54 Å². The summed E-state index contributed by atoms with van der Waals surface area (Å²) < 4.78 is 26.2. The van der Waals surface area contributed by atoms with Gasteiger partial charge in [-0.25, -0.2) is 13.6 Å². The molecule has 5 nitrogen and oxygen atoms in total. The number of nitrogens with two attached hydrogens (primary N) is 1. The minimum absolute atomic E-state index is 0.169. The van der Waals surface area contributed by atoms with Crippen LogP contribution in [-0.2, 0) is 6.54 Å². The highest BCUT2D eigenvalue weighted by Crippen LogP contribution is 2.21. The maximum atomic E-state index is 13.4. The van der Waals surface area contributed by atoms with Crippen molar-refractivity contribution in [3.05, 3.63) is 53.6 Å². The highest BCUT2D eigenvalue weighted by Gasteiger charge is 2.06. The molecule has 0 aliphatic rings. The quantitative estimate of drug-likeness (QED) is 0.652. The third-order valence-corrected chi connectivity index (χ3v) is 2.77. The van der Waals surface area contributed by atoms with E-state index in [4.69, 9.17) is 10.8 Å². The van der Waals surface area contributed by atoms with Crippen molar-refractivity contribution in [1.82, 2.24) is 0 Å². The molecule has 1 amide bonds. The summed E-state index contributed by atoms with van der Waals surface area (Å²) >= 11 is 0. The second-order valence-electron chi connectivity index (χ2n) is 4.33. The van der Waals surface area contributed by atoms with Crippen LogP contribution in [0, 0.1) is 11.6 Å². The summed E-state index contributed by atoms with van der Waals surface area (Å²) in [6, 6.07) is 7.97. The van der Waals surface area contributed by atoms with E-state index in [-0.39, 0.29) is 23.6 Å². The molecule has 0 heterocycles. The lowest BCUT2D eigenvalue weighted by Crippen LogP contribution is -2.10. The Morgan fingerprint density at radius 3 is 2.48 bits per heavy atom. The van der Waals surface area contributed by atoms with E-state index in [9.17, 15) is 13.6 Å². The van der Waals surface area contributed by atoms with Crippen molar-refractivity contribution in [3.63, 3.8) is 0 Å². The molecule has 2 aromatic carbocycles. The Bertz CT molecular complexity index is 677. The number of halogens is 2. The van der Waals surface area contributed by atoms with E-state index < -0.39 is 17.7 Å². The normalized spacial score (nSPS) is 10.2. The van der Waals surface area contributed by atoms with Crippen LogP contribution in [0.4, 0.5) is 30.6 Å². The molecule has 0 aliphatic heterocycles. The van der Waals surface area contributed by atoms with Gasteiger partial charge in [0, 0.05) is 12.6 Å². The molecule has 0 aromatic heterocycles. The van der Waals surface area contributed by atoms with E-state index in [0.717, 1.165) is 17.7 Å². The van der Waals surface area contributed by atoms with Crippen LogP contribution in [0.2, 0.25) is 0 Å². The van der Waals surface area contributed by atoms with Crippen LogP contribution in [0.1, 0.15) is 5.56 Å². The van der Waals surface area contributed by atoms with E-state index in [1.165, 1.54) is 12.1 Å². The molecule has 0 bridgehead atoms. The number of carbonyl (C=O) groups is 1. The molecule has 110 valence electrons. The SMILES string of the molecule is Nc1cc(CNc2ccc(F)cc2F)ccc1NC(=O)O. The van der Waals surface area contributed by atoms with Gasteiger partial charge in [0.1, 0.15) is 11.6 Å². The van der Waals surface area contributed by atoms with Gasteiger partial charge in [-0.2, -0.15) is 0 Å². The van der Waals surface area contributed by atoms with Crippen LogP contribution in [0.3, 0.4) is 0 Å². The van der Waals surface area contributed by atoms with Gasteiger partial charge in [-0.1, -0.05) is 6.07 Å². The largest absolute Gasteiger partial charge is 0.465 e. The Balaban J connectivity index is 2.06. The Morgan fingerprint density at radius 2 is 1.86 bits per heavy atom. The summed E-state index contributed by atoms with van der Waals surface area (Å²) in [6.45, 7) is 0.264. The zero-order valence-electron chi connectivity index (χ0n) is 10.9. The summed E-state index contributed by atoms with van der Waals surface area (Å²) in [5.74, 6) is -1.33. The van der Waals surface area contributed by atoms with Crippen LogP contribution in [0.25, 0.3) is 0 Å². The molecule has 7 heteroatoms. The molecular weight excluding hydrogens is 280 g/mol. The fraction of sp³-hybridized carbons (Fsp3) is 0.0714. The molecular formula is C14H13F2N3O2. The number of amides is 1. The first kappa shape index (κ1) is 14.6. The average Bonchev–Trinajstić information content (AvgIpc) is 2.40.